The van der Waals surface area contributed by atoms with E-state index in [-0.39, 0.29) is 0 Å². The summed E-state index contributed by atoms with van der Waals surface area (Å²) in [6, 6.07) is 20.1. The maximum Gasteiger partial charge on any atom is 0.131 e. The molecule has 0 amide bonds. The minimum atomic E-state index is -0.493. The van der Waals surface area contributed by atoms with Gasteiger partial charge in [0.25, 0.3) is 0 Å². The van der Waals surface area contributed by atoms with Crippen molar-refractivity contribution in [3.8, 4) is 5.75 Å². The third kappa shape index (κ3) is 2.48. The molecule has 0 aliphatic carbocycles. The molecular weight excluding hydrogens is 296 g/mol. The van der Waals surface area contributed by atoms with Gasteiger partial charge in [-0.3, -0.25) is 9.97 Å². The minimum Gasteiger partial charge on any atom is -0.482 e. The molecule has 0 aliphatic heterocycles. The van der Waals surface area contributed by atoms with Gasteiger partial charge in [0.1, 0.15) is 11.4 Å². The first-order valence-electron chi connectivity index (χ1n) is 8.02. The second-order valence-corrected chi connectivity index (χ2v) is 6.31. The summed E-state index contributed by atoms with van der Waals surface area (Å²) >= 11 is 0. The van der Waals surface area contributed by atoms with Gasteiger partial charge in [-0.2, -0.15) is 0 Å². The Morgan fingerprint density at radius 2 is 1.29 bits per heavy atom. The second-order valence-electron chi connectivity index (χ2n) is 6.31. The Hall–Kier alpha value is -2.94. The van der Waals surface area contributed by atoms with Crippen LogP contribution in [0.3, 0.4) is 0 Å². The quantitative estimate of drug-likeness (QED) is 0.528. The molecule has 0 bridgehead atoms. The number of rotatable bonds is 3. The highest BCUT2D eigenvalue weighted by Gasteiger charge is 2.26. The maximum atomic E-state index is 6.44. The van der Waals surface area contributed by atoms with Crippen LogP contribution in [0.4, 0.5) is 0 Å². The molecule has 0 atom stereocenters. The molecule has 0 aliphatic rings. The zero-order chi connectivity index (χ0) is 16.6. The van der Waals surface area contributed by atoms with E-state index in [2.05, 4.69) is 29.9 Å². The van der Waals surface area contributed by atoms with Crippen molar-refractivity contribution in [2.24, 2.45) is 0 Å². The molecule has 2 heterocycles. The summed E-state index contributed by atoms with van der Waals surface area (Å²) in [5.74, 6) is 0.839. The summed E-state index contributed by atoms with van der Waals surface area (Å²) in [4.78, 5) is 8.85. The number of pyridine rings is 2. The van der Waals surface area contributed by atoms with Crippen molar-refractivity contribution in [2.45, 2.75) is 19.4 Å². The van der Waals surface area contributed by atoms with Gasteiger partial charge in [0.2, 0.25) is 0 Å². The standard InChI is InChI=1S/C21H18N2O/c1-21(2,17-11-13-22-18-9-5-3-7-15(17)18)24-20-12-14-23-19-10-6-4-8-16(19)20/h3-14H,1-2H3. The van der Waals surface area contributed by atoms with Crippen molar-refractivity contribution in [1.82, 2.24) is 9.97 Å². The number of para-hydroxylation sites is 2. The highest BCUT2D eigenvalue weighted by molar-refractivity contribution is 5.85. The Morgan fingerprint density at radius 1 is 0.708 bits per heavy atom. The normalized spacial score (nSPS) is 11.8. The monoisotopic (exact) mass is 314 g/mol. The number of hydrogen-bond acceptors (Lipinski definition) is 3. The van der Waals surface area contributed by atoms with Crippen molar-refractivity contribution in [2.75, 3.05) is 0 Å². The molecule has 3 heteroatoms. The molecule has 0 unspecified atom stereocenters. The number of aromatic nitrogens is 2. The lowest BCUT2D eigenvalue weighted by atomic mass is 9.94. The van der Waals surface area contributed by atoms with Crippen LogP contribution in [-0.4, -0.2) is 9.97 Å². The Morgan fingerprint density at radius 3 is 2.04 bits per heavy atom. The predicted molar refractivity (Wildman–Crippen MR) is 97.1 cm³/mol. The first kappa shape index (κ1) is 14.6. The van der Waals surface area contributed by atoms with Crippen molar-refractivity contribution in [3.05, 3.63) is 78.6 Å². The lowest BCUT2D eigenvalue weighted by molar-refractivity contribution is 0.112. The summed E-state index contributed by atoms with van der Waals surface area (Å²) in [5.41, 5.74) is 2.54. The molecular formula is C21H18N2O. The van der Waals surface area contributed by atoms with E-state index >= 15 is 0 Å². The summed E-state index contributed by atoms with van der Waals surface area (Å²) in [6.07, 6.45) is 3.63. The largest absolute Gasteiger partial charge is 0.482 e. The molecule has 2 aromatic carbocycles. The van der Waals surface area contributed by atoms with Crippen molar-refractivity contribution in [3.63, 3.8) is 0 Å². The molecule has 2 aromatic heterocycles. The average Bonchev–Trinajstić information content (AvgIpc) is 2.61. The van der Waals surface area contributed by atoms with E-state index in [1.165, 1.54) is 0 Å². The van der Waals surface area contributed by atoms with Gasteiger partial charge in [0.05, 0.1) is 11.0 Å². The van der Waals surface area contributed by atoms with Crippen LogP contribution in [0.1, 0.15) is 19.4 Å². The summed E-state index contributed by atoms with van der Waals surface area (Å²) < 4.78 is 6.44. The molecule has 0 N–H and O–H groups in total. The van der Waals surface area contributed by atoms with Crippen molar-refractivity contribution < 1.29 is 4.74 Å². The Labute approximate surface area is 140 Å². The maximum absolute atomic E-state index is 6.44. The number of benzene rings is 2. The minimum absolute atomic E-state index is 0.493. The SMILES string of the molecule is CC(C)(Oc1ccnc2ccccc12)c1ccnc2ccccc12. The third-order valence-corrected chi connectivity index (χ3v) is 4.27. The molecule has 4 aromatic rings. The smallest absolute Gasteiger partial charge is 0.131 e. The topological polar surface area (TPSA) is 35.0 Å². The fraction of sp³-hybridized carbons (Fsp3) is 0.143. The average molecular weight is 314 g/mol. The van der Waals surface area contributed by atoms with Crippen molar-refractivity contribution in [1.29, 1.82) is 0 Å². The zero-order valence-electron chi connectivity index (χ0n) is 13.7. The van der Waals surface area contributed by atoms with E-state index in [1.54, 1.807) is 6.20 Å². The fourth-order valence-corrected chi connectivity index (χ4v) is 3.11. The van der Waals surface area contributed by atoms with E-state index in [0.717, 1.165) is 33.1 Å². The Kier molecular flexibility index (Phi) is 3.42. The van der Waals surface area contributed by atoms with Gasteiger partial charge in [-0.05, 0) is 44.2 Å². The first-order chi connectivity index (χ1) is 11.6. The van der Waals surface area contributed by atoms with Crippen LogP contribution in [0, 0.1) is 0 Å². The van der Waals surface area contributed by atoms with Gasteiger partial charge in [-0.25, -0.2) is 0 Å². The molecule has 0 saturated carbocycles. The van der Waals surface area contributed by atoms with Crippen LogP contribution >= 0.6 is 0 Å². The number of fused-ring (bicyclic) bond motifs is 2. The molecule has 118 valence electrons. The van der Waals surface area contributed by atoms with E-state index in [4.69, 9.17) is 4.74 Å². The molecule has 24 heavy (non-hydrogen) atoms. The van der Waals surface area contributed by atoms with E-state index in [9.17, 15) is 0 Å². The number of hydrogen-bond donors (Lipinski definition) is 0. The molecule has 3 nitrogen and oxygen atoms in total. The molecule has 0 radical (unpaired) electrons. The summed E-state index contributed by atoms with van der Waals surface area (Å²) in [6.45, 7) is 4.17. The fourth-order valence-electron chi connectivity index (χ4n) is 3.11. The van der Waals surface area contributed by atoms with E-state index < -0.39 is 5.60 Å². The lowest BCUT2D eigenvalue weighted by Gasteiger charge is -2.28. The summed E-state index contributed by atoms with van der Waals surface area (Å²) in [7, 11) is 0. The van der Waals surface area contributed by atoms with Crippen molar-refractivity contribution >= 4 is 21.8 Å². The highest BCUT2D eigenvalue weighted by atomic mass is 16.5. The Bertz CT molecular complexity index is 1010. The first-order valence-corrected chi connectivity index (χ1v) is 8.02. The number of nitrogens with zero attached hydrogens (tertiary/aromatic N) is 2. The van der Waals surface area contributed by atoms with Gasteiger partial charge < -0.3 is 4.74 Å². The van der Waals surface area contributed by atoms with Gasteiger partial charge >= 0.3 is 0 Å². The van der Waals surface area contributed by atoms with E-state index in [1.807, 2.05) is 60.8 Å². The number of ether oxygens (including phenoxy) is 1. The van der Waals surface area contributed by atoms with Crippen LogP contribution in [0.15, 0.2) is 73.1 Å². The van der Waals surface area contributed by atoms with Crippen LogP contribution in [0.25, 0.3) is 21.8 Å². The lowest BCUT2D eigenvalue weighted by Crippen LogP contribution is -2.25. The van der Waals surface area contributed by atoms with Gasteiger partial charge in [-0.15, -0.1) is 0 Å². The molecule has 0 saturated heterocycles. The van der Waals surface area contributed by atoms with Crippen LogP contribution in [0.2, 0.25) is 0 Å². The van der Waals surface area contributed by atoms with Crippen LogP contribution in [0.5, 0.6) is 5.75 Å². The second kappa shape index (κ2) is 5.60. The molecule has 0 spiro atoms. The molecule has 4 rings (SSSR count). The highest BCUT2D eigenvalue weighted by Crippen LogP contribution is 2.34. The van der Waals surface area contributed by atoms with E-state index in [0.29, 0.717) is 0 Å². The van der Waals surface area contributed by atoms with Crippen LogP contribution in [-0.2, 0) is 5.60 Å². The third-order valence-electron chi connectivity index (χ3n) is 4.27. The zero-order valence-corrected chi connectivity index (χ0v) is 13.7. The summed E-state index contributed by atoms with van der Waals surface area (Å²) in [5, 5.41) is 2.13. The Balaban J connectivity index is 1.82. The van der Waals surface area contributed by atoms with Gasteiger partial charge in [-0.1, -0.05) is 30.3 Å². The predicted octanol–water partition coefficient (Wildman–Crippen LogP) is 5.10. The van der Waals surface area contributed by atoms with Gasteiger partial charge in [0, 0.05) is 28.7 Å². The van der Waals surface area contributed by atoms with Crippen LogP contribution < -0.4 is 4.74 Å². The molecule has 0 fully saturated rings. The van der Waals surface area contributed by atoms with Gasteiger partial charge in [0.15, 0.2) is 0 Å².